The van der Waals surface area contributed by atoms with E-state index in [0.29, 0.717) is 20.6 Å². The largest absolute Gasteiger partial charge is 0.325 e. The Bertz CT molecular complexity index is 755. The summed E-state index contributed by atoms with van der Waals surface area (Å²) in [4.78, 5) is 23.1. The minimum absolute atomic E-state index is 0.0824. The van der Waals surface area contributed by atoms with Gasteiger partial charge in [-0.25, -0.2) is 0 Å². The fraction of sp³-hybridized carbons (Fsp3) is 0.133. The van der Waals surface area contributed by atoms with Crippen LogP contribution in [0, 0.1) is 10.1 Å². The summed E-state index contributed by atoms with van der Waals surface area (Å²) >= 11 is 13.3. The molecule has 0 radical (unpaired) electrons. The molecule has 1 atom stereocenters. The standard InChI is InChI=1S/C15H12Cl2N2O3S/c1-9(23-14-7-10(16)5-6-13(14)17)15(20)18-11-3-2-4-12(8-11)19(21)22/h2-9H,1H3,(H,18,20). The molecule has 5 nitrogen and oxygen atoms in total. The number of nitrogens with one attached hydrogen (secondary N) is 1. The van der Waals surface area contributed by atoms with Gasteiger partial charge in [0.2, 0.25) is 5.91 Å². The van der Waals surface area contributed by atoms with E-state index in [-0.39, 0.29) is 11.6 Å². The maximum atomic E-state index is 12.2. The molecule has 2 aromatic rings. The van der Waals surface area contributed by atoms with E-state index in [4.69, 9.17) is 23.2 Å². The first-order valence-corrected chi connectivity index (χ1v) is 8.17. The van der Waals surface area contributed by atoms with Gasteiger partial charge in [-0.2, -0.15) is 0 Å². The molecule has 2 rings (SSSR count). The SMILES string of the molecule is CC(Sc1cc(Cl)ccc1Cl)C(=O)Nc1cccc([N+](=O)[O-])c1. The topological polar surface area (TPSA) is 72.2 Å². The van der Waals surface area contributed by atoms with Gasteiger partial charge in [-0.1, -0.05) is 29.3 Å². The molecule has 0 saturated heterocycles. The van der Waals surface area contributed by atoms with Crippen molar-refractivity contribution in [1.29, 1.82) is 0 Å². The molecule has 0 saturated carbocycles. The zero-order chi connectivity index (χ0) is 17.0. The van der Waals surface area contributed by atoms with Gasteiger partial charge in [-0.05, 0) is 31.2 Å². The molecule has 23 heavy (non-hydrogen) atoms. The number of carbonyl (C=O) groups is 1. The molecular weight excluding hydrogens is 359 g/mol. The van der Waals surface area contributed by atoms with Crippen molar-refractivity contribution < 1.29 is 9.72 Å². The predicted molar refractivity (Wildman–Crippen MR) is 93.5 cm³/mol. The van der Waals surface area contributed by atoms with Crippen LogP contribution in [0.4, 0.5) is 11.4 Å². The Morgan fingerprint density at radius 3 is 2.70 bits per heavy atom. The van der Waals surface area contributed by atoms with Crippen LogP contribution in [0.25, 0.3) is 0 Å². The molecule has 0 aliphatic heterocycles. The third-order valence-corrected chi connectivity index (χ3v) is 4.73. The Balaban J connectivity index is 2.07. The second-order valence-corrected chi connectivity index (χ2v) is 6.86. The quantitative estimate of drug-likeness (QED) is 0.455. The third-order valence-electron chi connectivity index (χ3n) is 2.89. The highest BCUT2D eigenvalue weighted by Crippen LogP contribution is 2.33. The smallest absolute Gasteiger partial charge is 0.271 e. The second kappa shape index (κ2) is 7.68. The fourth-order valence-electron chi connectivity index (χ4n) is 1.75. The number of nitrogens with zero attached hydrogens (tertiary/aromatic N) is 1. The first kappa shape index (κ1) is 17.6. The number of carbonyl (C=O) groups excluding carboxylic acids is 1. The molecule has 0 fully saturated rings. The molecule has 1 N–H and O–H groups in total. The number of hydrogen-bond acceptors (Lipinski definition) is 4. The van der Waals surface area contributed by atoms with Crippen LogP contribution in [0.15, 0.2) is 47.4 Å². The summed E-state index contributed by atoms with van der Waals surface area (Å²) in [6, 6.07) is 10.8. The van der Waals surface area contributed by atoms with Gasteiger partial charge in [0.15, 0.2) is 0 Å². The predicted octanol–water partition coefficient (Wildman–Crippen LogP) is 5.02. The summed E-state index contributed by atoms with van der Waals surface area (Å²) in [6.45, 7) is 1.72. The average molecular weight is 371 g/mol. The van der Waals surface area contributed by atoms with Gasteiger partial charge < -0.3 is 5.32 Å². The number of nitro groups is 1. The highest BCUT2D eigenvalue weighted by atomic mass is 35.5. The Kier molecular flexibility index (Phi) is 5.87. The van der Waals surface area contributed by atoms with Gasteiger partial charge >= 0.3 is 0 Å². The van der Waals surface area contributed by atoms with E-state index in [2.05, 4.69) is 5.32 Å². The van der Waals surface area contributed by atoms with Crippen molar-refractivity contribution >= 4 is 52.2 Å². The van der Waals surface area contributed by atoms with Crippen molar-refractivity contribution in [3.63, 3.8) is 0 Å². The number of non-ortho nitro benzene ring substituents is 1. The summed E-state index contributed by atoms with van der Waals surface area (Å²) in [7, 11) is 0. The highest BCUT2D eigenvalue weighted by Gasteiger charge is 2.17. The van der Waals surface area contributed by atoms with Crippen LogP contribution < -0.4 is 5.32 Å². The summed E-state index contributed by atoms with van der Waals surface area (Å²) in [6.07, 6.45) is 0. The maximum Gasteiger partial charge on any atom is 0.271 e. The lowest BCUT2D eigenvalue weighted by Crippen LogP contribution is -2.22. The number of rotatable bonds is 5. The molecule has 2 aromatic carbocycles. The maximum absolute atomic E-state index is 12.2. The van der Waals surface area contributed by atoms with E-state index in [0.717, 1.165) is 0 Å². The molecule has 8 heteroatoms. The number of amides is 1. The summed E-state index contributed by atoms with van der Waals surface area (Å²) in [5.74, 6) is -0.286. The lowest BCUT2D eigenvalue weighted by molar-refractivity contribution is -0.384. The van der Waals surface area contributed by atoms with Crippen LogP contribution in [0.3, 0.4) is 0 Å². The Labute approximate surface area is 147 Å². The normalized spacial score (nSPS) is 11.8. The molecule has 0 aliphatic carbocycles. The van der Waals surface area contributed by atoms with E-state index < -0.39 is 10.2 Å². The summed E-state index contributed by atoms with van der Waals surface area (Å²) in [5.41, 5.74) is 0.287. The van der Waals surface area contributed by atoms with Gasteiger partial charge in [0.25, 0.3) is 5.69 Å². The molecule has 1 amide bonds. The number of anilines is 1. The van der Waals surface area contributed by atoms with Gasteiger partial charge in [0.05, 0.1) is 15.2 Å². The molecule has 1 unspecified atom stereocenters. The Morgan fingerprint density at radius 1 is 1.26 bits per heavy atom. The number of benzene rings is 2. The van der Waals surface area contributed by atoms with Crippen molar-refractivity contribution in [3.8, 4) is 0 Å². The summed E-state index contributed by atoms with van der Waals surface area (Å²) < 4.78 is 0. The van der Waals surface area contributed by atoms with Crippen LogP contribution >= 0.6 is 35.0 Å². The van der Waals surface area contributed by atoms with Crippen LogP contribution in [0.5, 0.6) is 0 Å². The number of nitro benzene ring substituents is 1. The average Bonchev–Trinajstić information content (AvgIpc) is 2.51. The lowest BCUT2D eigenvalue weighted by Gasteiger charge is -2.13. The van der Waals surface area contributed by atoms with Crippen molar-refractivity contribution in [2.75, 3.05) is 5.32 Å². The van der Waals surface area contributed by atoms with Crippen molar-refractivity contribution in [2.45, 2.75) is 17.1 Å². The molecule has 0 spiro atoms. The molecule has 0 bridgehead atoms. The molecule has 0 aliphatic rings. The zero-order valence-corrected chi connectivity index (χ0v) is 14.3. The number of thioether (sulfide) groups is 1. The van der Waals surface area contributed by atoms with Crippen LogP contribution in [0.2, 0.25) is 10.0 Å². The highest BCUT2D eigenvalue weighted by molar-refractivity contribution is 8.00. The van der Waals surface area contributed by atoms with Gasteiger partial charge in [0, 0.05) is 27.7 Å². The Hall–Kier alpha value is -1.76. The molecule has 0 heterocycles. The lowest BCUT2D eigenvalue weighted by atomic mass is 10.2. The van der Waals surface area contributed by atoms with E-state index in [1.54, 1.807) is 31.2 Å². The number of halogens is 2. The summed E-state index contributed by atoms with van der Waals surface area (Å²) in [5, 5.41) is 14.0. The van der Waals surface area contributed by atoms with E-state index >= 15 is 0 Å². The van der Waals surface area contributed by atoms with Gasteiger partial charge in [0.1, 0.15) is 0 Å². The van der Waals surface area contributed by atoms with Crippen molar-refractivity contribution in [1.82, 2.24) is 0 Å². The van der Waals surface area contributed by atoms with E-state index in [1.165, 1.54) is 30.0 Å². The van der Waals surface area contributed by atoms with Crippen LogP contribution in [0.1, 0.15) is 6.92 Å². The van der Waals surface area contributed by atoms with Crippen molar-refractivity contribution in [3.05, 3.63) is 62.6 Å². The monoisotopic (exact) mass is 370 g/mol. The van der Waals surface area contributed by atoms with Crippen molar-refractivity contribution in [2.24, 2.45) is 0 Å². The minimum atomic E-state index is -0.514. The Morgan fingerprint density at radius 2 is 2.00 bits per heavy atom. The van der Waals surface area contributed by atoms with Gasteiger partial charge in [-0.15, -0.1) is 11.8 Å². The first-order chi connectivity index (χ1) is 10.9. The second-order valence-electron chi connectivity index (χ2n) is 4.63. The molecule has 0 aromatic heterocycles. The zero-order valence-electron chi connectivity index (χ0n) is 12.0. The number of hydrogen-bond donors (Lipinski definition) is 1. The third kappa shape index (κ3) is 4.86. The van der Waals surface area contributed by atoms with Crippen LogP contribution in [-0.4, -0.2) is 16.1 Å². The van der Waals surface area contributed by atoms with E-state index in [1.807, 2.05) is 0 Å². The first-order valence-electron chi connectivity index (χ1n) is 6.54. The van der Waals surface area contributed by atoms with Gasteiger partial charge in [-0.3, -0.25) is 14.9 Å². The minimum Gasteiger partial charge on any atom is -0.325 e. The molecule has 120 valence electrons. The van der Waals surface area contributed by atoms with E-state index in [9.17, 15) is 14.9 Å². The fourth-order valence-corrected chi connectivity index (χ4v) is 3.16. The molecular formula is C15H12Cl2N2O3S. The van der Waals surface area contributed by atoms with Crippen LogP contribution in [-0.2, 0) is 4.79 Å².